The van der Waals surface area contributed by atoms with Crippen molar-refractivity contribution in [2.75, 3.05) is 10.5 Å². The molecule has 100 valence electrons. The van der Waals surface area contributed by atoms with Gasteiger partial charge in [0.05, 0.1) is 16.4 Å². The zero-order valence-electron chi connectivity index (χ0n) is 9.60. The first-order valence-electron chi connectivity index (χ1n) is 5.22. The summed E-state index contributed by atoms with van der Waals surface area (Å²) in [4.78, 5) is 0.000941. The van der Waals surface area contributed by atoms with Crippen molar-refractivity contribution >= 4 is 44.6 Å². The first kappa shape index (κ1) is 14.0. The normalized spacial score (nSPS) is 11.3. The first-order valence-corrected chi connectivity index (χ1v) is 7.46. The van der Waals surface area contributed by atoms with Gasteiger partial charge in [-0.25, -0.2) is 8.42 Å². The molecule has 0 radical (unpaired) electrons. The van der Waals surface area contributed by atoms with E-state index in [0.29, 0.717) is 5.02 Å². The fraction of sp³-hybridized carbons (Fsp3) is 0. The monoisotopic (exact) mass is 316 g/mol. The number of sulfonamides is 1. The summed E-state index contributed by atoms with van der Waals surface area (Å²) in [5.41, 5.74) is 6.06. The maximum Gasteiger partial charge on any atom is 0.263 e. The number of nitrogen functional groups attached to an aromatic ring is 1. The van der Waals surface area contributed by atoms with E-state index in [-0.39, 0.29) is 21.3 Å². The van der Waals surface area contributed by atoms with E-state index in [2.05, 4.69) is 4.72 Å². The molecule has 0 aromatic heterocycles. The Labute approximate surface area is 121 Å². The van der Waals surface area contributed by atoms with Crippen molar-refractivity contribution in [2.24, 2.45) is 0 Å². The van der Waals surface area contributed by atoms with Gasteiger partial charge in [-0.05, 0) is 30.3 Å². The number of anilines is 2. The van der Waals surface area contributed by atoms with E-state index >= 15 is 0 Å². The average Bonchev–Trinajstić information content (AvgIpc) is 2.33. The van der Waals surface area contributed by atoms with E-state index in [4.69, 9.17) is 28.9 Å². The highest BCUT2D eigenvalue weighted by molar-refractivity contribution is 7.92. The summed E-state index contributed by atoms with van der Waals surface area (Å²) in [6, 6.07) is 10.7. The van der Waals surface area contributed by atoms with Gasteiger partial charge < -0.3 is 5.73 Å². The summed E-state index contributed by atoms with van der Waals surface area (Å²) in [7, 11) is -3.78. The van der Waals surface area contributed by atoms with Crippen LogP contribution in [0.25, 0.3) is 0 Å². The number of hydrogen-bond acceptors (Lipinski definition) is 3. The van der Waals surface area contributed by atoms with Gasteiger partial charge >= 0.3 is 0 Å². The van der Waals surface area contributed by atoms with Gasteiger partial charge in [0.1, 0.15) is 4.90 Å². The van der Waals surface area contributed by atoms with Crippen molar-refractivity contribution in [1.82, 2.24) is 0 Å². The Hall–Kier alpha value is -1.43. The molecule has 2 aromatic carbocycles. The predicted octanol–water partition coefficient (Wildman–Crippen LogP) is 3.38. The topological polar surface area (TPSA) is 72.2 Å². The maximum absolute atomic E-state index is 12.2. The van der Waals surface area contributed by atoms with E-state index in [1.165, 1.54) is 24.3 Å². The molecule has 0 aliphatic carbocycles. The zero-order chi connectivity index (χ0) is 14.0. The van der Waals surface area contributed by atoms with Crippen molar-refractivity contribution in [3.63, 3.8) is 0 Å². The Kier molecular flexibility index (Phi) is 3.89. The van der Waals surface area contributed by atoms with Crippen LogP contribution in [0.2, 0.25) is 10.0 Å². The summed E-state index contributed by atoms with van der Waals surface area (Å²) >= 11 is 11.7. The van der Waals surface area contributed by atoms with Gasteiger partial charge in [-0.15, -0.1) is 0 Å². The Balaban J connectivity index is 2.40. The van der Waals surface area contributed by atoms with Crippen LogP contribution in [-0.4, -0.2) is 8.42 Å². The molecule has 0 amide bonds. The summed E-state index contributed by atoms with van der Waals surface area (Å²) in [6.45, 7) is 0. The Morgan fingerprint density at radius 1 is 1.05 bits per heavy atom. The minimum absolute atomic E-state index is 0.000941. The van der Waals surface area contributed by atoms with Crippen LogP contribution in [0.3, 0.4) is 0 Å². The largest absolute Gasteiger partial charge is 0.398 e. The third-order valence-electron chi connectivity index (χ3n) is 2.38. The van der Waals surface area contributed by atoms with Gasteiger partial charge in [0, 0.05) is 5.02 Å². The number of rotatable bonds is 3. The molecular weight excluding hydrogens is 307 g/mol. The lowest BCUT2D eigenvalue weighted by atomic mass is 10.3. The molecule has 2 aromatic rings. The standard InChI is InChI=1S/C12H10Cl2N2O2S/c13-8-5-6-11(9(14)7-8)16-19(17,18)12-4-2-1-3-10(12)15/h1-7,16H,15H2. The van der Waals surface area contributed by atoms with Gasteiger partial charge in [-0.1, -0.05) is 35.3 Å². The van der Waals surface area contributed by atoms with Crippen LogP contribution >= 0.6 is 23.2 Å². The molecule has 0 aliphatic heterocycles. The third-order valence-corrected chi connectivity index (χ3v) is 4.37. The van der Waals surface area contributed by atoms with Crippen LogP contribution in [0.15, 0.2) is 47.4 Å². The van der Waals surface area contributed by atoms with Gasteiger partial charge in [0.15, 0.2) is 0 Å². The summed E-state index contributed by atoms with van der Waals surface area (Å²) in [6.07, 6.45) is 0. The molecule has 7 heteroatoms. The molecule has 3 N–H and O–H groups in total. The molecule has 4 nitrogen and oxygen atoms in total. The molecule has 0 bridgehead atoms. The summed E-state index contributed by atoms with van der Waals surface area (Å²) in [5.74, 6) is 0. The summed E-state index contributed by atoms with van der Waals surface area (Å²) < 4.78 is 26.7. The lowest BCUT2D eigenvalue weighted by molar-refractivity contribution is 0.601. The fourth-order valence-corrected chi connectivity index (χ4v) is 3.22. The molecule has 0 saturated heterocycles. The number of benzene rings is 2. The van der Waals surface area contributed by atoms with Crippen LogP contribution in [0, 0.1) is 0 Å². The maximum atomic E-state index is 12.2. The Morgan fingerprint density at radius 3 is 2.37 bits per heavy atom. The Morgan fingerprint density at radius 2 is 1.74 bits per heavy atom. The highest BCUT2D eigenvalue weighted by Gasteiger charge is 2.18. The molecule has 0 fully saturated rings. The molecular formula is C12H10Cl2N2O2S. The SMILES string of the molecule is Nc1ccccc1S(=O)(=O)Nc1ccc(Cl)cc1Cl. The highest BCUT2D eigenvalue weighted by atomic mass is 35.5. The van der Waals surface area contributed by atoms with Crippen LogP contribution in [-0.2, 0) is 10.0 Å². The number of nitrogens with two attached hydrogens (primary N) is 1. The molecule has 0 atom stereocenters. The molecule has 0 aliphatic rings. The molecule has 0 spiro atoms. The molecule has 0 saturated carbocycles. The van der Waals surface area contributed by atoms with Gasteiger partial charge in [0.25, 0.3) is 10.0 Å². The second kappa shape index (κ2) is 5.28. The van der Waals surface area contributed by atoms with Crippen molar-refractivity contribution < 1.29 is 8.42 Å². The van der Waals surface area contributed by atoms with Crippen molar-refractivity contribution in [1.29, 1.82) is 0 Å². The van der Waals surface area contributed by atoms with Gasteiger partial charge in [-0.2, -0.15) is 0 Å². The van der Waals surface area contributed by atoms with Gasteiger partial charge in [-0.3, -0.25) is 4.72 Å². The number of halogens is 2. The zero-order valence-corrected chi connectivity index (χ0v) is 11.9. The minimum atomic E-state index is -3.78. The van der Waals surface area contributed by atoms with E-state index in [1.54, 1.807) is 18.2 Å². The average molecular weight is 317 g/mol. The van der Waals surface area contributed by atoms with Crippen LogP contribution < -0.4 is 10.5 Å². The second-order valence-corrected chi connectivity index (χ2v) is 6.26. The fourth-order valence-electron chi connectivity index (χ4n) is 1.50. The van der Waals surface area contributed by atoms with Crippen molar-refractivity contribution in [3.8, 4) is 0 Å². The smallest absolute Gasteiger partial charge is 0.263 e. The van der Waals surface area contributed by atoms with Crippen molar-refractivity contribution in [3.05, 3.63) is 52.5 Å². The van der Waals surface area contributed by atoms with E-state index in [1.807, 2.05) is 0 Å². The number of para-hydroxylation sites is 1. The van der Waals surface area contributed by atoms with E-state index in [0.717, 1.165) is 0 Å². The number of nitrogens with one attached hydrogen (secondary N) is 1. The Bertz CT molecular complexity index is 717. The van der Waals surface area contributed by atoms with E-state index < -0.39 is 10.0 Å². The number of hydrogen-bond donors (Lipinski definition) is 2. The molecule has 0 heterocycles. The van der Waals surface area contributed by atoms with Gasteiger partial charge in [0.2, 0.25) is 0 Å². The summed E-state index contributed by atoms with van der Waals surface area (Å²) in [5, 5.41) is 0.637. The van der Waals surface area contributed by atoms with Crippen LogP contribution in [0.1, 0.15) is 0 Å². The molecule has 2 rings (SSSR count). The second-order valence-electron chi connectivity index (χ2n) is 3.77. The minimum Gasteiger partial charge on any atom is -0.398 e. The highest BCUT2D eigenvalue weighted by Crippen LogP contribution is 2.28. The first-order chi connectivity index (χ1) is 8.90. The quantitative estimate of drug-likeness (QED) is 0.853. The van der Waals surface area contributed by atoms with Crippen molar-refractivity contribution in [2.45, 2.75) is 4.90 Å². The molecule has 19 heavy (non-hydrogen) atoms. The third kappa shape index (κ3) is 3.12. The van der Waals surface area contributed by atoms with Crippen LogP contribution in [0.5, 0.6) is 0 Å². The van der Waals surface area contributed by atoms with Crippen LogP contribution in [0.4, 0.5) is 11.4 Å². The lowest BCUT2D eigenvalue weighted by Crippen LogP contribution is -2.14. The van der Waals surface area contributed by atoms with E-state index in [9.17, 15) is 8.42 Å². The predicted molar refractivity (Wildman–Crippen MR) is 78.1 cm³/mol. The lowest BCUT2D eigenvalue weighted by Gasteiger charge is -2.11. The molecule has 0 unspecified atom stereocenters.